The molecule has 1 atom stereocenters. The third kappa shape index (κ3) is 4.83. The Kier molecular flexibility index (Phi) is 6.74. The molecule has 5 aliphatic rings. The molecule has 5 fully saturated rings. The maximum atomic E-state index is 13.9. The molecule has 5 saturated heterocycles. The molecule has 0 radical (unpaired) electrons. The molecule has 1 unspecified atom stereocenters. The van der Waals surface area contributed by atoms with E-state index >= 15 is 0 Å². The highest BCUT2D eigenvalue weighted by Gasteiger charge is 2.64. The van der Waals surface area contributed by atoms with Crippen molar-refractivity contribution < 1.29 is 9.59 Å². The molecule has 10 heteroatoms. The van der Waals surface area contributed by atoms with Crippen LogP contribution in [0.4, 0.5) is 9.59 Å². The first kappa shape index (κ1) is 27.0. The quantitative estimate of drug-likeness (QED) is 0.515. The highest BCUT2D eigenvalue weighted by atomic mass is 16.2. The second-order valence-corrected chi connectivity index (χ2v) is 14.0. The molecule has 37 heavy (non-hydrogen) atoms. The van der Waals surface area contributed by atoms with Crippen molar-refractivity contribution in [2.75, 3.05) is 33.2 Å². The molecular formula is C27H50N8O2. The molecule has 0 bridgehead atoms. The lowest BCUT2D eigenvalue weighted by Gasteiger charge is -2.52. The fraction of sp³-hybridized carbons (Fsp3) is 0.926. The lowest BCUT2D eigenvalue weighted by atomic mass is 9.79. The van der Waals surface area contributed by atoms with Gasteiger partial charge in [0.2, 0.25) is 0 Å². The van der Waals surface area contributed by atoms with Gasteiger partial charge in [0.1, 0.15) is 0 Å². The van der Waals surface area contributed by atoms with Crippen LogP contribution in [0, 0.1) is 0 Å². The molecule has 5 aliphatic heterocycles. The van der Waals surface area contributed by atoms with Crippen molar-refractivity contribution in [3.63, 3.8) is 0 Å². The summed E-state index contributed by atoms with van der Waals surface area (Å²) in [6.07, 6.45) is 4.75. The predicted octanol–water partition coefficient (Wildman–Crippen LogP) is 2.83. The maximum absolute atomic E-state index is 13.9. The van der Waals surface area contributed by atoms with Gasteiger partial charge in [-0.25, -0.2) is 9.59 Å². The third-order valence-corrected chi connectivity index (χ3v) is 9.09. The second kappa shape index (κ2) is 9.24. The Bertz CT molecular complexity index is 855. The van der Waals surface area contributed by atoms with E-state index in [1.54, 1.807) is 0 Å². The Morgan fingerprint density at radius 3 is 1.84 bits per heavy atom. The van der Waals surface area contributed by atoms with Gasteiger partial charge in [-0.2, -0.15) is 0 Å². The Morgan fingerprint density at radius 2 is 1.38 bits per heavy atom. The van der Waals surface area contributed by atoms with E-state index in [0.29, 0.717) is 38.8 Å². The summed E-state index contributed by atoms with van der Waals surface area (Å²) < 4.78 is 0. The minimum Gasteiger partial charge on any atom is -0.312 e. The summed E-state index contributed by atoms with van der Waals surface area (Å²) in [5, 5.41) is 7.38. The zero-order valence-corrected chi connectivity index (χ0v) is 24.4. The maximum Gasteiger partial charge on any atom is 0.325 e. The van der Waals surface area contributed by atoms with Gasteiger partial charge in [-0.3, -0.25) is 29.4 Å². The van der Waals surface area contributed by atoms with Crippen LogP contribution >= 0.6 is 0 Å². The molecule has 210 valence electrons. The third-order valence-electron chi connectivity index (χ3n) is 9.09. The first-order valence-corrected chi connectivity index (χ1v) is 14.4. The van der Waals surface area contributed by atoms with Gasteiger partial charge in [0.25, 0.3) is 0 Å². The molecule has 0 spiro atoms. The van der Waals surface area contributed by atoms with Crippen LogP contribution < -0.4 is 10.6 Å². The molecule has 0 aromatic carbocycles. The van der Waals surface area contributed by atoms with Gasteiger partial charge in [-0.05, 0) is 73.8 Å². The molecule has 10 nitrogen and oxygen atoms in total. The van der Waals surface area contributed by atoms with Gasteiger partial charge < -0.3 is 10.6 Å². The van der Waals surface area contributed by atoms with E-state index < -0.39 is 0 Å². The topological polar surface area (TPSA) is 77.6 Å². The lowest BCUT2D eigenvalue weighted by molar-refractivity contribution is -0.0605. The molecule has 5 heterocycles. The summed E-state index contributed by atoms with van der Waals surface area (Å²) in [5.41, 5.74) is 0.0154. The monoisotopic (exact) mass is 518 g/mol. The average molecular weight is 519 g/mol. The summed E-state index contributed by atoms with van der Waals surface area (Å²) >= 11 is 0. The van der Waals surface area contributed by atoms with Crippen molar-refractivity contribution in [1.82, 2.24) is 40.0 Å². The van der Waals surface area contributed by atoms with Crippen molar-refractivity contribution in [3.05, 3.63) is 0 Å². The standard InChI is InChI=1S/C27H50N8O2/c1-9-11-19(12-25(3,4)28-10-2)30-15-32-21-22-34(23(32)36)17-31(18-35(22)24(37)33(21)16-30)20-13-26(5,6)29-27(7,8)14-20/h19-22,28-29H,9-18H2,1-8H3. The Labute approximate surface area is 223 Å². The zero-order valence-electron chi connectivity index (χ0n) is 24.4. The van der Waals surface area contributed by atoms with Crippen molar-refractivity contribution in [3.8, 4) is 0 Å². The molecule has 0 saturated carbocycles. The molecule has 0 aromatic rings. The van der Waals surface area contributed by atoms with Crippen LogP contribution in [-0.2, 0) is 0 Å². The number of nitrogens with one attached hydrogen (secondary N) is 2. The van der Waals surface area contributed by atoms with E-state index in [0.717, 1.165) is 38.6 Å². The number of nitrogens with zero attached hydrogens (tertiary/aromatic N) is 6. The first-order chi connectivity index (χ1) is 17.3. The summed E-state index contributed by atoms with van der Waals surface area (Å²) in [4.78, 5) is 40.3. The number of rotatable bonds is 8. The van der Waals surface area contributed by atoms with Crippen molar-refractivity contribution in [2.24, 2.45) is 0 Å². The Morgan fingerprint density at radius 1 is 0.892 bits per heavy atom. The fourth-order valence-electron chi connectivity index (χ4n) is 8.09. The SMILES string of the molecule is CCCC(CC(C)(C)NCC)N1CN2C(=O)N3CN(C4CC(C)(C)NC(C)(C)C4)CN4C(=O)N(C1)C2C34. The molecule has 4 amide bonds. The van der Waals surface area contributed by atoms with Crippen LogP contribution in [0.3, 0.4) is 0 Å². The van der Waals surface area contributed by atoms with Gasteiger partial charge in [0.05, 0.1) is 26.7 Å². The number of amides is 4. The molecule has 2 N–H and O–H groups in total. The van der Waals surface area contributed by atoms with Crippen LogP contribution in [0.1, 0.15) is 87.5 Å². The minimum absolute atomic E-state index is 0.00156. The highest BCUT2D eigenvalue weighted by Crippen LogP contribution is 2.42. The molecule has 0 aromatic heterocycles. The van der Waals surface area contributed by atoms with E-state index in [2.05, 4.69) is 75.8 Å². The number of urea groups is 2. The normalized spacial score (nSPS) is 28.0. The number of piperidine rings is 1. The van der Waals surface area contributed by atoms with Crippen LogP contribution in [0.15, 0.2) is 0 Å². The Balaban J connectivity index is 1.36. The van der Waals surface area contributed by atoms with Gasteiger partial charge in [0, 0.05) is 28.7 Å². The van der Waals surface area contributed by atoms with Crippen LogP contribution in [-0.4, -0.2) is 116 Å². The van der Waals surface area contributed by atoms with E-state index in [-0.39, 0.29) is 41.0 Å². The van der Waals surface area contributed by atoms with Crippen LogP contribution in [0.2, 0.25) is 0 Å². The first-order valence-electron chi connectivity index (χ1n) is 14.4. The largest absolute Gasteiger partial charge is 0.325 e. The average Bonchev–Trinajstić information content (AvgIpc) is 3.23. The molecule has 5 rings (SSSR count). The van der Waals surface area contributed by atoms with Gasteiger partial charge >= 0.3 is 12.1 Å². The smallest absolute Gasteiger partial charge is 0.312 e. The second-order valence-electron chi connectivity index (χ2n) is 14.0. The van der Waals surface area contributed by atoms with E-state index in [1.807, 2.05) is 19.6 Å². The summed E-state index contributed by atoms with van der Waals surface area (Å²) in [5.74, 6) is 0. The van der Waals surface area contributed by atoms with Crippen molar-refractivity contribution in [2.45, 2.75) is 129 Å². The van der Waals surface area contributed by atoms with Crippen LogP contribution in [0.5, 0.6) is 0 Å². The number of hydrogen-bond donors (Lipinski definition) is 2. The van der Waals surface area contributed by atoms with Gasteiger partial charge in [0.15, 0.2) is 12.3 Å². The summed E-state index contributed by atoms with van der Waals surface area (Å²) in [6, 6.07) is 0.762. The van der Waals surface area contributed by atoms with E-state index in [1.165, 1.54) is 0 Å². The Hall–Kier alpha value is -1.62. The minimum atomic E-state index is -0.177. The predicted molar refractivity (Wildman–Crippen MR) is 144 cm³/mol. The van der Waals surface area contributed by atoms with Gasteiger partial charge in [-0.1, -0.05) is 20.3 Å². The number of carbonyl (C=O) groups excluding carboxylic acids is 2. The molecule has 0 aliphatic carbocycles. The van der Waals surface area contributed by atoms with Crippen molar-refractivity contribution >= 4 is 12.1 Å². The van der Waals surface area contributed by atoms with E-state index in [9.17, 15) is 9.59 Å². The summed E-state index contributed by atoms with van der Waals surface area (Å²) in [6.45, 7) is 21.2. The zero-order chi connectivity index (χ0) is 26.9. The lowest BCUT2D eigenvalue weighted by Crippen LogP contribution is -2.67. The van der Waals surface area contributed by atoms with Crippen LogP contribution in [0.25, 0.3) is 0 Å². The number of hydrogen-bond acceptors (Lipinski definition) is 6. The number of carbonyl (C=O) groups is 2. The molecular weight excluding hydrogens is 468 g/mol. The fourth-order valence-corrected chi connectivity index (χ4v) is 8.09. The highest BCUT2D eigenvalue weighted by molar-refractivity contribution is 5.85. The van der Waals surface area contributed by atoms with Gasteiger partial charge in [-0.15, -0.1) is 0 Å². The summed E-state index contributed by atoms with van der Waals surface area (Å²) in [7, 11) is 0. The van der Waals surface area contributed by atoms with E-state index in [4.69, 9.17) is 0 Å². The van der Waals surface area contributed by atoms with Crippen molar-refractivity contribution in [1.29, 1.82) is 0 Å².